The largest absolute Gasteiger partial charge is 0.394 e. The van der Waals surface area contributed by atoms with E-state index in [1.807, 2.05) is 0 Å². The van der Waals surface area contributed by atoms with Crippen LogP contribution >= 0.6 is 0 Å². The lowest BCUT2D eigenvalue weighted by atomic mass is 10.1. The van der Waals surface area contributed by atoms with Crippen molar-refractivity contribution in [3.05, 3.63) is 32.6 Å². The third kappa shape index (κ3) is 3.55. The molecule has 1 saturated heterocycles. The fourth-order valence-corrected chi connectivity index (χ4v) is 2.80. The van der Waals surface area contributed by atoms with E-state index in [0.29, 0.717) is 10.8 Å². The van der Waals surface area contributed by atoms with Crippen molar-refractivity contribution < 1.29 is 28.5 Å². The lowest BCUT2D eigenvalue weighted by Gasteiger charge is -2.25. The van der Waals surface area contributed by atoms with Crippen molar-refractivity contribution in [1.82, 2.24) is 14.5 Å². The maximum Gasteiger partial charge on any atom is 0.356 e. The Hall–Kier alpha value is -2.11. The molecular weight excluding hydrogens is 356 g/mol. The number of aromatic nitrogens is 2. The summed E-state index contributed by atoms with van der Waals surface area (Å²) in [5, 5.41) is 18.8. The number of aromatic amines is 1. The first-order valence-corrected chi connectivity index (χ1v) is 8.14. The van der Waals surface area contributed by atoms with Crippen LogP contribution in [0.2, 0.25) is 0 Å². The molecule has 0 spiro atoms. The number of rotatable bonds is 6. The highest BCUT2D eigenvalue weighted by atomic mass is 19.3. The quantitative estimate of drug-likeness (QED) is 0.592. The number of hydrogen-bond acceptors (Lipinski definition) is 6. The van der Waals surface area contributed by atoms with E-state index < -0.39 is 53.7 Å². The first-order valence-electron chi connectivity index (χ1n) is 8.14. The number of likely N-dealkylation sites (N-methyl/N-ethyl adjacent to an activating group) is 1. The molecule has 1 aliphatic heterocycles. The van der Waals surface area contributed by atoms with Crippen LogP contribution < -0.4 is 11.2 Å². The summed E-state index contributed by atoms with van der Waals surface area (Å²) in [5.41, 5.74) is -3.60. The van der Waals surface area contributed by atoms with E-state index in [9.17, 15) is 28.3 Å². The Morgan fingerprint density at radius 3 is 2.54 bits per heavy atom. The van der Waals surface area contributed by atoms with Gasteiger partial charge in [-0.3, -0.25) is 19.1 Å². The fraction of sp³-hybridized carbons (Fsp3) is 0.667. The van der Waals surface area contributed by atoms with Gasteiger partial charge in [-0.25, -0.2) is 4.79 Å². The van der Waals surface area contributed by atoms with Crippen molar-refractivity contribution in [3.63, 3.8) is 0 Å². The molecule has 0 saturated carbocycles. The highest BCUT2D eigenvalue weighted by Crippen LogP contribution is 2.30. The van der Waals surface area contributed by atoms with E-state index in [0.717, 1.165) is 4.90 Å². The number of amides is 1. The molecule has 2 rings (SSSR count). The van der Waals surface area contributed by atoms with Crippen LogP contribution in [0.4, 0.5) is 8.78 Å². The molecule has 1 aromatic heterocycles. The van der Waals surface area contributed by atoms with Crippen molar-refractivity contribution in [2.24, 2.45) is 0 Å². The number of H-pyrrole nitrogens is 1. The molecule has 0 aliphatic carbocycles. The Bertz CT molecular complexity index is 773. The van der Waals surface area contributed by atoms with Gasteiger partial charge in [-0.15, -0.1) is 0 Å². The molecule has 146 valence electrons. The van der Waals surface area contributed by atoms with E-state index in [1.165, 1.54) is 13.8 Å². The van der Waals surface area contributed by atoms with Crippen molar-refractivity contribution in [2.45, 2.75) is 44.6 Å². The van der Waals surface area contributed by atoms with Gasteiger partial charge in [-0.05, 0) is 13.8 Å². The summed E-state index contributed by atoms with van der Waals surface area (Å²) in [6.45, 7) is 2.56. The molecule has 1 fully saturated rings. The van der Waals surface area contributed by atoms with Crippen LogP contribution in [0.5, 0.6) is 0 Å². The van der Waals surface area contributed by atoms with E-state index in [2.05, 4.69) is 0 Å². The van der Waals surface area contributed by atoms with Crippen LogP contribution in [-0.2, 0) is 15.5 Å². The van der Waals surface area contributed by atoms with Crippen LogP contribution in [0.15, 0.2) is 15.8 Å². The Morgan fingerprint density at radius 1 is 1.42 bits per heavy atom. The van der Waals surface area contributed by atoms with Crippen LogP contribution in [0, 0.1) is 0 Å². The van der Waals surface area contributed by atoms with Crippen LogP contribution in [0.3, 0.4) is 0 Å². The molecule has 1 aliphatic rings. The van der Waals surface area contributed by atoms with Crippen molar-refractivity contribution in [3.8, 4) is 0 Å². The van der Waals surface area contributed by atoms with Gasteiger partial charge in [-0.1, -0.05) is 0 Å². The van der Waals surface area contributed by atoms with Crippen LogP contribution in [0.1, 0.15) is 32.1 Å². The number of hydrogen-bond donors (Lipinski definition) is 3. The Kier molecular flexibility index (Phi) is 5.94. The number of aliphatic hydroxyl groups is 2. The minimum atomic E-state index is -4.15. The predicted octanol–water partition coefficient (Wildman–Crippen LogP) is -0.862. The maximum absolute atomic E-state index is 14.6. The molecule has 0 unspecified atom stereocenters. The summed E-state index contributed by atoms with van der Waals surface area (Å²) in [5.74, 6) is -5.71. The molecular formula is C15H21F2N3O6. The first kappa shape index (κ1) is 20.2. The standard InChI is InChI=1S/C15H21F2N3O6/c1-3-19(4-2)13(24)15(16,17)8-6-20(14(25)18-12(8)23)11-5-9(22)10(7-21)26-11/h6,9-11,21-22H,3-5,7H2,1-2H3,(H,18,23,25)/t9-,10+,11+/m0/s1. The number of halogens is 2. The normalized spacial score (nSPS) is 23.2. The number of carbonyl (C=O) groups excluding carboxylic acids is 1. The fourth-order valence-electron chi connectivity index (χ4n) is 2.80. The molecule has 0 bridgehead atoms. The lowest BCUT2D eigenvalue weighted by molar-refractivity contribution is -0.159. The summed E-state index contributed by atoms with van der Waals surface area (Å²) in [6.07, 6.45) is -2.83. The molecule has 11 heteroatoms. The second-order valence-corrected chi connectivity index (χ2v) is 5.88. The lowest BCUT2D eigenvalue weighted by Crippen LogP contribution is -2.46. The van der Waals surface area contributed by atoms with Gasteiger partial charge in [0.1, 0.15) is 17.9 Å². The monoisotopic (exact) mass is 377 g/mol. The average Bonchev–Trinajstić information content (AvgIpc) is 2.96. The van der Waals surface area contributed by atoms with E-state index in [-0.39, 0.29) is 19.5 Å². The highest BCUT2D eigenvalue weighted by molar-refractivity contribution is 5.84. The molecule has 9 nitrogen and oxygen atoms in total. The smallest absolute Gasteiger partial charge is 0.356 e. The number of carbonyl (C=O) groups is 1. The molecule has 0 aromatic carbocycles. The van der Waals surface area contributed by atoms with Crippen molar-refractivity contribution >= 4 is 5.91 Å². The third-order valence-corrected chi connectivity index (χ3v) is 4.32. The molecule has 0 radical (unpaired) electrons. The Morgan fingerprint density at radius 2 is 2.04 bits per heavy atom. The van der Waals surface area contributed by atoms with E-state index in [4.69, 9.17) is 9.84 Å². The molecule has 26 heavy (non-hydrogen) atoms. The number of ether oxygens (including phenoxy) is 1. The average molecular weight is 377 g/mol. The topological polar surface area (TPSA) is 125 Å². The second kappa shape index (κ2) is 7.64. The third-order valence-electron chi connectivity index (χ3n) is 4.32. The number of nitrogens with zero attached hydrogens (tertiary/aromatic N) is 2. The molecule has 3 atom stereocenters. The van der Waals surface area contributed by atoms with Gasteiger partial charge in [0.2, 0.25) is 0 Å². The highest BCUT2D eigenvalue weighted by Gasteiger charge is 2.46. The minimum absolute atomic E-state index is 0.0264. The molecule has 3 N–H and O–H groups in total. The zero-order chi connectivity index (χ0) is 19.6. The van der Waals surface area contributed by atoms with Gasteiger partial charge in [-0.2, -0.15) is 8.78 Å². The number of aliphatic hydroxyl groups excluding tert-OH is 2. The van der Waals surface area contributed by atoms with Crippen LogP contribution in [0.25, 0.3) is 0 Å². The van der Waals surface area contributed by atoms with Gasteiger partial charge < -0.3 is 19.8 Å². The van der Waals surface area contributed by atoms with E-state index >= 15 is 0 Å². The number of nitrogens with one attached hydrogen (secondary N) is 1. The second-order valence-electron chi connectivity index (χ2n) is 5.88. The molecule has 2 heterocycles. The van der Waals surface area contributed by atoms with Crippen molar-refractivity contribution in [2.75, 3.05) is 19.7 Å². The summed E-state index contributed by atoms with van der Waals surface area (Å²) < 4.78 is 35.1. The van der Waals surface area contributed by atoms with Gasteiger partial charge in [0.15, 0.2) is 0 Å². The summed E-state index contributed by atoms with van der Waals surface area (Å²) in [6, 6.07) is 0. The summed E-state index contributed by atoms with van der Waals surface area (Å²) in [4.78, 5) is 38.6. The van der Waals surface area contributed by atoms with Gasteiger partial charge in [0.05, 0.1) is 12.7 Å². The first-order chi connectivity index (χ1) is 12.2. The SMILES string of the molecule is CCN(CC)C(=O)C(F)(F)c1cn([C@H]2C[C@H](O)[C@@H](CO)O2)c(=O)[nH]c1=O. The predicted molar refractivity (Wildman–Crippen MR) is 84.8 cm³/mol. The maximum atomic E-state index is 14.6. The minimum Gasteiger partial charge on any atom is -0.394 e. The summed E-state index contributed by atoms with van der Waals surface area (Å²) >= 11 is 0. The number of alkyl halides is 2. The summed E-state index contributed by atoms with van der Waals surface area (Å²) in [7, 11) is 0. The zero-order valence-corrected chi connectivity index (χ0v) is 14.3. The van der Waals surface area contributed by atoms with Gasteiger partial charge in [0, 0.05) is 25.7 Å². The Labute approximate surface area is 146 Å². The van der Waals surface area contributed by atoms with Gasteiger partial charge in [0.25, 0.3) is 11.5 Å². The Balaban J connectivity index is 2.47. The van der Waals surface area contributed by atoms with Gasteiger partial charge >= 0.3 is 11.6 Å². The molecule has 1 amide bonds. The zero-order valence-electron chi connectivity index (χ0n) is 14.3. The van der Waals surface area contributed by atoms with E-state index in [1.54, 1.807) is 4.98 Å². The van der Waals surface area contributed by atoms with Crippen LogP contribution in [-0.4, -0.2) is 62.5 Å². The van der Waals surface area contributed by atoms with Crippen molar-refractivity contribution in [1.29, 1.82) is 0 Å². The molecule has 1 aromatic rings.